The fourth-order valence-electron chi connectivity index (χ4n) is 0.326. The van der Waals surface area contributed by atoms with Crippen LogP contribution in [-0.2, 0) is 0 Å². The van der Waals surface area contributed by atoms with Crippen LogP contribution < -0.4 is 0 Å². The predicted octanol–water partition coefficient (Wildman–Crippen LogP) is 0.983. The first-order valence-electron chi connectivity index (χ1n) is 2.90. The van der Waals surface area contributed by atoms with Crippen molar-refractivity contribution >= 4 is 11.8 Å². The summed E-state index contributed by atoms with van der Waals surface area (Å²) in [5.41, 5.74) is 0. The van der Waals surface area contributed by atoms with Crippen molar-refractivity contribution in [2.45, 2.75) is 18.9 Å². The van der Waals surface area contributed by atoms with Crippen molar-refractivity contribution < 1.29 is 23.4 Å². The summed E-state index contributed by atoms with van der Waals surface area (Å²) < 4.78 is 34.9. The second-order valence-corrected chi connectivity index (χ2v) is 3.23. The number of hydrogen-bond acceptors (Lipinski definition) is 3. The van der Waals surface area contributed by atoms with Gasteiger partial charge in [-0.05, 0) is 5.75 Å². The molecule has 0 atom stereocenters. The van der Waals surface area contributed by atoms with E-state index in [1.54, 1.807) is 6.92 Å². The van der Waals surface area contributed by atoms with Gasteiger partial charge >= 0.3 is 6.18 Å². The molecule has 0 aromatic carbocycles. The molecule has 0 saturated heterocycles. The van der Waals surface area contributed by atoms with Gasteiger partial charge in [-0.3, -0.25) is 0 Å². The van der Waals surface area contributed by atoms with Gasteiger partial charge in [0.2, 0.25) is 0 Å². The van der Waals surface area contributed by atoms with E-state index in [1.807, 2.05) is 0 Å². The molecule has 0 aliphatic carbocycles. The molecule has 2 N–H and O–H groups in total. The molecule has 0 spiro atoms. The lowest BCUT2D eigenvalue weighted by Gasteiger charge is -2.23. The van der Waals surface area contributed by atoms with Crippen molar-refractivity contribution in [1.82, 2.24) is 0 Å². The van der Waals surface area contributed by atoms with Gasteiger partial charge in [-0.15, -0.1) is 0 Å². The molecule has 0 aliphatic rings. The average molecular weight is 190 g/mol. The zero-order valence-corrected chi connectivity index (χ0v) is 6.67. The Bertz CT molecular complexity index is 123. The van der Waals surface area contributed by atoms with Crippen molar-refractivity contribution in [2.75, 3.05) is 11.5 Å². The molecule has 68 valence electrons. The Morgan fingerprint density at radius 1 is 1.27 bits per heavy atom. The Kier molecular flexibility index (Phi) is 3.66. The van der Waals surface area contributed by atoms with Crippen LogP contribution in [0, 0.1) is 0 Å². The minimum absolute atomic E-state index is 0.416. The monoisotopic (exact) mass is 190 g/mol. The quantitative estimate of drug-likeness (QED) is 0.652. The first kappa shape index (κ1) is 11.1. The number of alkyl halides is 3. The van der Waals surface area contributed by atoms with Gasteiger partial charge in [0, 0.05) is 0 Å². The molecule has 0 saturated carbocycles. The molecule has 6 heteroatoms. The third kappa shape index (κ3) is 3.31. The second kappa shape index (κ2) is 3.64. The Balaban J connectivity index is 4.00. The third-order valence-corrected chi connectivity index (χ3v) is 1.98. The zero-order valence-electron chi connectivity index (χ0n) is 5.85. The molecule has 11 heavy (non-hydrogen) atoms. The molecule has 0 heterocycles. The predicted molar refractivity (Wildman–Crippen MR) is 36.2 cm³/mol. The second-order valence-electron chi connectivity index (χ2n) is 1.95. The lowest BCUT2D eigenvalue weighted by molar-refractivity contribution is -0.336. The van der Waals surface area contributed by atoms with E-state index < -0.39 is 17.7 Å². The van der Waals surface area contributed by atoms with E-state index in [2.05, 4.69) is 0 Å². The lowest BCUT2D eigenvalue weighted by Crippen LogP contribution is -2.47. The van der Waals surface area contributed by atoms with Crippen LogP contribution in [0.25, 0.3) is 0 Å². The molecular formula is C5H9F3O2S. The normalized spacial score (nSPS) is 13.6. The molecule has 0 radical (unpaired) electrons. The Morgan fingerprint density at radius 2 is 1.73 bits per heavy atom. The molecule has 0 aromatic rings. The smallest absolute Gasteiger partial charge is 0.358 e. The highest BCUT2D eigenvalue weighted by molar-refractivity contribution is 7.99. The van der Waals surface area contributed by atoms with E-state index in [0.717, 1.165) is 11.8 Å². The first-order valence-corrected chi connectivity index (χ1v) is 4.06. The highest BCUT2D eigenvalue weighted by Gasteiger charge is 2.52. The summed E-state index contributed by atoms with van der Waals surface area (Å²) in [6.07, 6.45) is -4.96. The summed E-state index contributed by atoms with van der Waals surface area (Å²) in [6, 6.07) is 0. The zero-order chi connectivity index (χ0) is 9.12. The van der Waals surface area contributed by atoms with Crippen molar-refractivity contribution in [3.63, 3.8) is 0 Å². The molecule has 0 aliphatic heterocycles. The molecule has 0 fully saturated rings. The van der Waals surface area contributed by atoms with Crippen LogP contribution in [0.2, 0.25) is 0 Å². The summed E-state index contributed by atoms with van der Waals surface area (Å²) in [5, 5.41) is 16.8. The van der Waals surface area contributed by atoms with Gasteiger partial charge in [0.25, 0.3) is 5.79 Å². The van der Waals surface area contributed by atoms with Gasteiger partial charge in [0.1, 0.15) is 0 Å². The summed E-state index contributed by atoms with van der Waals surface area (Å²) in [7, 11) is 0. The summed E-state index contributed by atoms with van der Waals surface area (Å²) in [6.45, 7) is 1.64. The maximum atomic E-state index is 11.6. The minimum atomic E-state index is -4.96. The average Bonchev–Trinajstić information content (AvgIpc) is 1.81. The standard InChI is InChI=1S/C5H9F3O2S/c1-2-11-3-4(9,10)5(6,7)8/h9-10H,2-3H2,1H3. The number of rotatable bonds is 3. The number of hydrogen-bond donors (Lipinski definition) is 2. The Morgan fingerprint density at radius 3 is 2.00 bits per heavy atom. The van der Waals surface area contributed by atoms with Crippen molar-refractivity contribution in [2.24, 2.45) is 0 Å². The number of halogens is 3. The van der Waals surface area contributed by atoms with E-state index in [1.165, 1.54) is 0 Å². The van der Waals surface area contributed by atoms with Crippen molar-refractivity contribution in [3.8, 4) is 0 Å². The summed E-state index contributed by atoms with van der Waals surface area (Å²) in [4.78, 5) is 0. The molecule has 0 rings (SSSR count). The third-order valence-electron chi connectivity index (χ3n) is 0.961. The lowest BCUT2D eigenvalue weighted by atomic mass is 10.3. The minimum Gasteiger partial charge on any atom is -0.358 e. The Hall–Kier alpha value is 0.0600. The van der Waals surface area contributed by atoms with Crippen LogP contribution in [0.1, 0.15) is 6.92 Å². The molecule has 0 amide bonds. The fraction of sp³-hybridized carbons (Fsp3) is 1.00. The largest absolute Gasteiger partial charge is 0.443 e. The van der Waals surface area contributed by atoms with Crippen molar-refractivity contribution in [3.05, 3.63) is 0 Å². The topological polar surface area (TPSA) is 40.5 Å². The van der Waals surface area contributed by atoms with Gasteiger partial charge in [-0.1, -0.05) is 6.92 Å². The fourth-order valence-corrected chi connectivity index (χ4v) is 0.979. The Labute approximate surface area is 66.4 Å². The molecular weight excluding hydrogens is 181 g/mol. The van der Waals surface area contributed by atoms with Crippen LogP contribution in [0.5, 0.6) is 0 Å². The van der Waals surface area contributed by atoms with E-state index >= 15 is 0 Å². The highest BCUT2D eigenvalue weighted by atomic mass is 32.2. The molecule has 2 nitrogen and oxygen atoms in total. The molecule has 0 unspecified atom stereocenters. The van der Waals surface area contributed by atoms with Crippen LogP contribution >= 0.6 is 11.8 Å². The van der Waals surface area contributed by atoms with Crippen molar-refractivity contribution in [1.29, 1.82) is 0 Å². The van der Waals surface area contributed by atoms with Crippen LogP contribution in [-0.4, -0.2) is 33.7 Å². The van der Waals surface area contributed by atoms with Gasteiger partial charge < -0.3 is 10.2 Å². The van der Waals surface area contributed by atoms with Gasteiger partial charge in [-0.25, -0.2) is 0 Å². The highest BCUT2D eigenvalue weighted by Crippen LogP contribution is 2.30. The first-order chi connectivity index (χ1) is 4.81. The maximum absolute atomic E-state index is 11.6. The van der Waals surface area contributed by atoms with Gasteiger partial charge in [0.15, 0.2) is 0 Å². The van der Waals surface area contributed by atoms with Gasteiger partial charge in [-0.2, -0.15) is 24.9 Å². The summed E-state index contributed by atoms with van der Waals surface area (Å²) in [5.74, 6) is -3.88. The molecule has 0 aromatic heterocycles. The van der Waals surface area contributed by atoms with Gasteiger partial charge in [0.05, 0.1) is 5.75 Å². The molecule has 0 bridgehead atoms. The van der Waals surface area contributed by atoms with E-state index in [9.17, 15) is 13.2 Å². The van der Waals surface area contributed by atoms with E-state index in [-0.39, 0.29) is 0 Å². The SMILES string of the molecule is CCSCC(O)(O)C(F)(F)F. The van der Waals surface area contributed by atoms with Crippen LogP contribution in [0.3, 0.4) is 0 Å². The van der Waals surface area contributed by atoms with E-state index in [0.29, 0.717) is 5.75 Å². The van der Waals surface area contributed by atoms with E-state index in [4.69, 9.17) is 10.2 Å². The number of aliphatic hydroxyl groups is 2. The van der Waals surface area contributed by atoms with Crippen LogP contribution in [0.4, 0.5) is 13.2 Å². The maximum Gasteiger partial charge on any atom is 0.443 e. The number of thioether (sulfide) groups is 1. The summed E-state index contributed by atoms with van der Waals surface area (Å²) >= 11 is 0.822. The van der Waals surface area contributed by atoms with Crippen LogP contribution in [0.15, 0.2) is 0 Å².